The second-order valence-corrected chi connectivity index (χ2v) is 12.4. The summed E-state index contributed by atoms with van der Waals surface area (Å²) in [5, 5.41) is 0.511. The minimum Gasteiger partial charge on any atom is -0.461 e. The molecule has 44 heavy (non-hydrogen) atoms. The van der Waals surface area contributed by atoms with Crippen molar-refractivity contribution in [3.63, 3.8) is 0 Å². The number of halogens is 4. The molecule has 11 heteroatoms. The maximum Gasteiger partial charge on any atom is 0.319 e. The SMILES string of the molecule is [2H]C([2H])(Oc1nc(N2CCCC3CC32)c2cnc(-c3cc(N)cc4cc(F)c(F)c(C#C)c34)c(F)c2n1)[C@@]12CCCN1C[C@H](F)C2. The van der Waals surface area contributed by atoms with E-state index in [0.717, 1.165) is 25.3 Å². The third-order valence-electron chi connectivity index (χ3n) is 9.66. The van der Waals surface area contributed by atoms with Gasteiger partial charge in [0.25, 0.3) is 0 Å². The van der Waals surface area contributed by atoms with Crippen molar-refractivity contribution in [2.24, 2.45) is 5.92 Å². The first-order valence-corrected chi connectivity index (χ1v) is 14.9. The van der Waals surface area contributed by atoms with Gasteiger partial charge in [-0.25, -0.2) is 17.6 Å². The van der Waals surface area contributed by atoms with Crippen LogP contribution >= 0.6 is 0 Å². The number of terminal acetylenes is 1. The zero-order chi connectivity index (χ0) is 32.1. The van der Waals surface area contributed by atoms with Crippen LogP contribution in [0.4, 0.5) is 29.1 Å². The minimum absolute atomic E-state index is 0.0318. The molecule has 3 saturated heterocycles. The van der Waals surface area contributed by atoms with E-state index in [1.165, 1.54) is 18.3 Å². The Morgan fingerprint density at radius 3 is 2.86 bits per heavy atom. The van der Waals surface area contributed by atoms with E-state index in [9.17, 15) is 13.2 Å². The Kier molecular flexibility index (Phi) is 5.68. The molecule has 0 radical (unpaired) electrons. The maximum absolute atomic E-state index is 16.8. The predicted octanol–water partition coefficient (Wildman–Crippen LogP) is 5.77. The molecule has 2 aromatic carbocycles. The van der Waals surface area contributed by atoms with Crippen LogP contribution in [0.15, 0.2) is 24.4 Å². The van der Waals surface area contributed by atoms with E-state index in [2.05, 4.69) is 25.8 Å². The van der Waals surface area contributed by atoms with Crippen LogP contribution in [0.5, 0.6) is 6.01 Å². The Bertz CT molecular complexity index is 1990. The number of fused-ring (bicyclic) bond motifs is 4. The number of nitrogen functional groups attached to an aromatic ring is 1. The molecule has 8 rings (SSSR count). The van der Waals surface area contributed by atoms with Gasteiger partial charge in [-0.15, -0.1) is 6.42 Å². The molecule has 5 heterocycles. The molecular formula is C33H30F4N6O. The third kappa shape index (κ3) is 4.18. The van der Waals surface area contributed by atoms with Crippen molar-refractivity contribution in [1.29, 1.82) is 0 Å². The fourth-order valence-electron chi connectivity index (χ4n) is 7.58. The van der Waals surface area contributed by atoms with E-state index in [4.69, 9.17) is 19.6 Å². The summed E-state index contributed by atoms with van der Waals surface area (Å²) in [5.41, 5.74) is 4.24. The quantitative estimate of drug-likeness (QED) is 0.176. The summed E-state index contributed by atoms with van der Waals surface area (Å²) in [4.78, 5) is 17.3. The standard InChI is InChI=1S/C33H30F4N6O/c1-2-21-26-18(10-24(35)27(21)36)9-20(38)12-22(26)29-28(37)30-23(14-39-29)31(43-8-3-5-17-11-25(17)43)41-32(40-30)44-16-33-6-4-7-42(33)15-19(34)13-33/h1,9-10,12,14,17,19,25H,3-8,11,13,15-16,38H2/t17?,19-,25?,33+/m1/s1/i16D2. The Balaban J connectivity index is 1.32. The Labute approximate surface area is 254 Å². The lowest BCUT2D eigenvalue weighted by Crippen LogP contribution is -2.43. The van der Waals surface area contributed by atoms with E-state index in [1.54, 1.807) is 4.90 Å². The van der Waals surface area contributed by atoms with Gasteiger partial charge in [0.2, 0.25) is 0 Å². The summed E-state index contributed by atoms with van der Waals surface area (Å²) in [6, 6.07) is 3.55. The Morgan fingerprint density at radius 1 is 1.16 bits per heavy atom. The van der Waals surface area contributed by atoms with E-state index in [1.807, 2.05) is 0 Å². The van der Waals surface area contributed by atoms with E-state index >= 15 is 4.39 Å². The molecule has 0 spiro atoms. The minimum atomic E-state index is -2.39. The first-order chi connectivity index (χ1) is 22.0. The largest absolute Gasteiger partial charge is 0.461 e. The van der Waals surface area contributed by atoms with Crippen molar-refractivity contribution in [2.75, 3.05) is 36.8 Å². The number of benzene rings is 2. The summed E-state index contributed by atoms with van der Waals surface area (Å²) in [7, 11) is 0. The predicted molar refractivity (Wildman–Crippen MR) is 160 cm³/mol. The van der Waals surface area contributed by atoms with Crippen LogP contribution in [0.2, 0.25) is 0 Å². The molecule has 1 saturated carbocycles. The number of anilines is 2. The van der Waals surface area contributed by atoms with E-state index in [0.29, 0.717) is 37.7 Å². The molecule has 2 aromatic heterocycles. The van der Waals surface area contributed by atoms with E-state index < -0.39 is 41.3 Å². The van der Waals surface area contributed by atoms with Crippen LogP contribution in [-0.4, -0.2) is 63.8 Å². The zero-order valence-electron chi connectivity index (χ0n) is 25.7. The molecule has 1 aliphatic carbocycles. The highest BCUT2D eigenvalue weighted by atomic mass is 19.2. The van der Waals surface area contributed by atoms with Gasteiger partial charge in [-0.1, -0.05) is 5.92 Å². The lowest BCUT2D eigenvalue weighted by Gasteiger charge is -2.31. The number of pyridine rings is 1. The molecule has 4 atom stereocenters. The molecule has 226 valence electrons. The molecule has 3 aliphatic heterocycles. The molecule has 4 aliphatic rings. The average molecular weight is 605 g/mol. The highest BCUT2D eigenvalue weighted by Crippen LogP contribution is 2.47. The van der Waals surface area contributed by atoms with Crippen LogP contribution in [0.3, 0.4) is 0 Å². The second kappa shape index (κ2) is 9.92. The molecule has 7 nitrogen and oxygen atoms in total. The van der Waals surface area contributed by atoms with Gasteiger partial charge in [-0.3, -0.25) is 9.88 Å². The number of aromatic nitrogens is 3. The molecule has 2 N–H and O–H groups in total. The lowest BCUT2D eigenvalue weighted by molar-refractivity contribution is 0.107. The molecule has 2 unspecified atom stereocenters. The Morgan fingerprint density at radius 2 is 2.02 bits per heavy atom. The summed E-state index contributed by atoms with van der Waals surface area (Å²) in [6.07, 6.45) is 9.80. The molecule has 0 amide bonds. The van der Waals surface area contributed by atoms with Gasteiger partial charge in [0.05, 0.1) is 19.2 Å². The molecule has 4 fully saturated rings. The highest BCUT2D eigenvalue weighted by Gasteiger charge is 2.50. The molecule has 4 aromatic rings. The van der Waals surface area contributed by atoms with Crippen molar-refractivity contribution in [3.8, 4) is 29.6 Å². The molecule has 0 bridgehead atoms. The van der Waals surface area contributed by atoms with Crippen LogP contribution in [0.1, 0.15) is 46.8 Å². The number of piperidine rings is 1. The van der Waals surface area contributed by atoms with Gasteiger partial charge < -0.3 is 15.4 Å². The average Bonchev–Trinajstić information content (AvgIpc) is 3.59. The number of rotatable bonds is 5. The van der Waals surface area contributed by atoms with Crippen molar-refractivity contribution < 1.29 is 25.0 Å². The first kappa shape index (κ1) is 25.2. The summed E-state index contributed by atoms with van der Waals surface area (Å²) in [5.74, 6) is -0.311. The van der Waals surface area contributed by atoms with Gasteiger partial charge in [-0.2, -0.15) is 9.97 Å². The number of hydrogen-bond donors (Lipinski definition) is 1. The zero-order valence-corrected chi connectivity index (χ0v) is 23.7. The van der Waals surface area contributed by atoms with Crippen molar-refractivity contribution >= 4 is 33.2 Å². The van der Waals surface area contributed by atoms with Gasteiger partial charge in [0.15, 0.2) is 17.5 Å². The number of nitrogens with two attached hydrogens (primary N) is 1. The van der Waals surface area contributed by atoms with Gasteiger partial charge in [-0.05, 0) is 68.2 Å². The monoisotopic (exact) mass is 604 g/mol. The topological polar surface area (TPSA) is 80.4 Å². The number of alkyl halides is 1. The smallest absolute Gasteiger partial charge is 0.319 e. The van der Waals surface area contributed by atoms with Gasteiger partial charge in [0.1, 0.15) is 29.8 Å². The van der Waals surface area contributed by atoms with Crippen molar-refractivity contribution in [3.05, 3.63) is 47.4 Å². The fraction of sp³-hybridized carbons (Fsp3) is 0.424. The summed E-state index contributed by atoms with van der Waals surface area (Å²) in [6.45, 7) is -1.07. The Hall–Kier alpha value is -4.17. The number of ether oxygens (including phenoxy) is 1. The first-order valence-electron chi connectivity index (χ1n) is 15.9. The lowest BCUT2D eigenvalue weighted by atomic mass is 9.95. The van der Waals surface area contributed by atoms with Crippen LogP contribution in [0, 0.1) is 35.7 Å². The van der Waals surface area contributed by atoms with Crippen molar-refractivity contribution in [1.82, 2.24) is 19.9 Å². The maximum atomic E-state index is 16.8. The summed E-state index contributed by atoms with van der Waals surface area (Å²) < 4.78 is 84.6. The third-order valence-corrected chi connectivity index (χ3v) is 9.66. The van der Waals surface area contributed by atoms with Gasteiger partial charge >= 0.3 is 6.01 Å². The second-order valence-electron chi connectivity index (χ2n) is 12.4. The van der Waals surface area contributed by atoms with E-state index in [-0.39, 0.29) is 63.6 Å². The number of nitrogens with zero attached hydrogens (tertiary/aromatic N) is 5. The van der Waals surface area contributed by atoms with Crippen LogP contribution in [0.25, 0.3) is 32.9 Å². The van der Waals surface area contributed by atoms with Gasteiger partial charge in [0, 0.05) is 48.4 Å². The normalized spacial score (nSPS) is 27.2. The summed E-state index contributed by atoms with van der Waals surface area (Å²) >= 11 is 0. The van der Waals surface area contributed by atoms with Crippen LogP contribution < -0.4 is 15.4 Å². The number of hydrogen-bond acceptors (Lipinski definition) is 7. The molecular weight excluding hydrogens is 572 g/mol. The fourth-order valence-corrected chi connectivity index (χ4v) is 7.58. The van der Waals surface area contributed by atoms with Crippen molar-refractivity contribution in [2.45, 2.75) is 56.3 Å². The van der Waals surface area contributed by atoms with Crippen LogP contribution in [-0.2, 0) is 0 Å². The highest BCUT2D eigenvalue weighted by molar-refractivity contribution is 6.03.